The van der Waals surface area contributed by atoms with Crippen LogP contribution in [0.15, 0.2) is 16.8 Å². The minimum atomic E-state index is 0.0628. The summed E-state index contributed by atoms with van der Waals surface area (Å²) in [5.41, 5.74) is 1.20. The summed E-state index contributed by atoms with van der Waals surface area (Å²) < 4.78 is 5.80. The van der Waals surface area contributed by atoms with Crippen LogP contribution < -0.4 is 5.32 Å². The highest BCUT2D eigenvalue weighted by Crippen LogP contribution is 2.25. The second kappa shape index (κ2) is 7.38. The number of hydrogen-bond acceptors (Lipinski definition) is 4. The van der Waals surface area contributed by atoms with Crippen LogP contribution in [-0.4, -0.2) is 43.6 Å². The normalized spacial score (nSPS) is 24.2. The van der Waals surface area contributed by atoms with Gasteiger partial charge in [0.05, 0.1) is 13.2 Å². The van der Waals surface area contributed by atoms with Crippen molar-refractivity contribution in [3.63, 3.8) is 0 Å². The molecule has 1 aromatic heterocycles. The fourth-order valence-corrected chi connectivity index (χ4v) is 3.89. The minimum absolute atomic E-state index is 0.0628. The fraction of sp³-hybridized carbons (Fsp3) is 0.688. The van der Waals surface area contributed by atoms with Gasteiger partial charge in [-0.25, -0.2) is 0 Å². The average molecular weight is 308 g/mol. The van der Waals surface area contributed by atoms with Crippen molar-refractivity contribution < 1.29 is 9.53 Å². The zero-order chi connectivity index (χ0) is 14.5. The number of rotatable bonds is 4. The van der Waals surface area contributed by atoms with Gasteiger partial charge in [-0.1, -0.05) is 0 Å². The Morgan fingerprint density at radius 3 is 3.05 bits per heavy atom. The summed E-state index contributed by atoms with van der Waals surface area (Å²) in [7, 11) is 0. The van der Waals surface area contributed by atoms with Gasteiger partial charge in [0.1, 0.15) is 6.10 Å². The van der Waals surface area contributed by atoms with Gasteiger partial charge >= 0.3 is 0 Å². The topological polar surface area (TPSA) is 41.6 Å². The van der Waals surface area contributed by atoms with Gasteiger partial charge in [0, 0.05) is 13.0 Å². The number of thiophene rings is 1. The van der Waals surface area contributed by atoms with E-state index in [9.17, 15) is 4.79 Å². The third kappa shape index (κ3) is 4.05. The number of morpholine rings is 1. The SMILES string of the molecule is O=C(CCC1CCNCC1)N1CCOC(c2ccsc2)C1. The molecule has 1 amide bonds. The number of ether oxygens (including phenoxy) is 1. The first-order chi connectivity index (χ1) is 10.3. The molecule has 2 aliphatic rings. The van der Waals surface area contributed by atoms with Crippen LogP contribution in [-0.2, 0) is 9.53 Å². The molecule has 0 spiro atoms. The van der Waals surface area contributed by atoms with Gasteiger partial charge in [-0.2, -0.15) is 11.3 Å². The van der Waals surface area contributed by atoms with E-state index in [0.29, 0.717) is 25.5 Å². The van der Waals surface area contributed by atoms with Gasteiger partial charge in [0.2, 0.25) is 5.91 Å². The van der Waals surface area contributed by atoms with Crippen LogP contribution in [0.5, 0.6) is 0 Å². The lowest BCUT2D eigenvalue weighted by Gasteiger charge is -2.33. The highest BCUT2D eigenvalue weighted by atomic mass is 32.1. The zero-order valence-electron chi connectivity index (χ0n) is 12.4. The number of hydrogen-bond donors (Lipinski definition) is 1. The van der Waals surface area contributed by atoms with E-state index in [0.717, 1.165) is 32.0 Å². The van der Waals surface area contributed by atoms with Gasteiger partial charge in [-0.15, -0.1) is 0 Å². The monoisotopic (exact) mass is 308 g/mol. The van der Waals surface area contributed by atoms with E-state index < -0.39 is 0 Å². The highest BCUT2D eigenvalue weighted by molar-refractivity contribution is 7.07. The average Bonchev–Trinajstić information content (AvgIpc) is 3.08. The minimum Gasteiger partial charge on any atom is -0.370 e. The maximum absolute atomic E-state index is 12.4. The molecule has 5 heteroatoms. The summed E-state index contributed by atoms with van der Waals surface area (Å²) in [6, 6.07) is 2.10. The summed E-state index contributed by atoms with van der Waals surface area (Å²) >= 11 is 1.68. The molecule has 2 aliphatic heterocycles. The summed E-state index contributed by atoms with van der Waals surface area (Å²) in [5, 5.41) is 7.56. The van der Waals surface area contributed by atoms with Gasteiger partial charge in [-0.3, -0.25) is 4.79 Å². The Morgan fingerprint density at radius 2 is 2.29 bits per heavy atom. The number of nitrogens with one attached hydrogen (secondary N) is 1. The zero-order valence-corrected chi connectivity index (χ0v) is 13.2. The van der Waals surface area contributed by atoms with Crippen molar-refractivity contribution in [3.8, 4) is 0 Å². The third-order valence-corrected chi connectivity index (χ3v) is 5.26. The number of piperidine rings is 1. The molecule has 3 heterocycles. The fourth-order valence-electron chi connectivity index (χ4n) is 3.19. The summed E-state index contributed by atoms with van der Waals surface area (Å²) in [6.07, 6.45) is 4.23. The van der Waals surface area contributed by atoms with Crippen LogP contribution in [0.2, 0.25) is 0 Å². The molecule has 1 atom stereocenters. The first-order valence-electron chi connectivity index (χ1n) is 7.95. The van der Waals surface area contributed by atoms with Gasteiger partial charge < -0.3 is 15.0 Å². The maximum atomic E-state index is 12.4. The van der Waals surface area contributed by atoms with Crippen molar-refractivity contribution >= 4 is 17.2 Å². The molecule has 2 fully saturated rings. The van der Waals surface area contributed by atoms with E-state index in [1.807, 2.05) is 4.90 Å². The quantitative estimate of drug-likeness (QED) is 0.929. The predicted octanol–water partition coefficient (Wildman–Crippen LogP) is 2.43. The molecule has 21 heavy (non-hydrogen) atoms. The lowest BCUT2D eigenvalue weighted by Crippen LogP contribution is -2.42. The van der Waals surface area contributed by atoms with E-state index in [1.54, 1.807) is 11.3 Å². The lowest BCUT2D eigenvalue weighted by molar-refractivity contribution is -0.139. The number of carbonyl (C=O) groups excluding carboxylic acids is 1. The molecular weight excluding hydrogens is 284 g/mol. The van der Waals surface area contributed by atoms with E-state index >= 15 is 0 Å². The molecule has 1 N–H and O–H groups in total. The molecule has 116 valence electrons. The van der Waals surface area contributed by atoms with Crippen molar-refractivity contribution in [2.24, 2.45) is 5.92 Å². The molecule has 3 rings (SSSR count). The lowest BCUT2D eigenvalue weighted by atomic mass is 9.93. The van der Waals surface area contributed by atoms with E-state index in [4.69, 9.17) is 4.74 Å². The number of carbonyl (C=O) groups is 1. The standard InChI is InChI=1S/C16H24N2O2S/c19-16(2-1-13-3-6-17-7-4-13)18-8-9-20-15(11-18)14-5-10-21-12-14/h5,10,12-13,15,17H,1-4,6-9,11H2. The van der Waals surface area contributed by atoms with Gasteiger partial charge in [0.25, 0.3) is 0 Å². The molecule has 4 nitrogen and oxygen atoms in total. The second-order valence-electron chi connectivity index (χ2n) is 5.99. The van der Waals surface area contributed by atoms with Crippen LogP contribution in [0.4, 0.5) is 0 Å². The van der Waals surface area contributed by atoms with Crippen LogP contribution in [0.3, 0.4) is 0 Å². The van der Waals surface area contributed by atoms with Gasteiger partial charge in [0.15, 0.2) is 0 Å². The Bertz CT molecular complexity index is 443. The second-order valence-corrected chi connectivity index (χ2v) is 6.77. The Labute approximate surface area is 130 Å². The first-order valence-corrected chi connectivity index (χ1v) is 8.89. The van der Waals surface area contributed by atoms with Crippen LogP contribution in [0, 0.1) is 5.92 Å². The van der Waals surface area contributed by atoms with E-state index in [-0.39, 0.29) is 6.10 Å². The van der Waals surface area contributed by atoms with E-state index in [1.165, 1.54) is 18.4 Å². The smallest absolute Gasteiger partial charge is 0.222 e. The number of amides is 1. The van der Waals surface area contributed by atoms with E-state index in [2.05, 4.69) is 22.1 Å². The summed E-state index contributed by atoms with van der Waals surface area (Å²) in [5.74, 6) is 1.03. The molecule has 0 aromatic carbocycles. The molecule has 0 radical (unpaired) electrons. The van der Waals surface area contributed by atoms with Gasteiger partial charge in [-0.05, 0) is 60.7 Å². The highest BCUT2D eigenvalue weighted by Gasteiger charge is 2.26. The molecular formula is C16H24N2O2S. The largest absolute Gasteiger partial charge is 0.370 e. The molecule has 1 unspecified atom stereocenters. The van der Waals surface area contributed by atoms with Crippen LogP contribution >= 0.6 is 11.3 Å². The van der Waals surface area contributed by atoms with Crippen molar-refractivity contribution in [2.45, 2.75) is 31.8 Å². The number of nitrogens with zero attached hydrogens (tertiary/aromatic N) is 1. The Kier molecular flexibility index (Phi) is 5.27. The summed E-state index contributed by atoms with van der Waals surface area (Å²) in [6.45, 7) is 4.32. The first kappa shape index (κ1) is 15.0. The molecule has 0 bridgehead atoms. The predicted molar refractivity (Wildman–Crippen MR) is 84.4 cm³/mol. The Morgan fingerprint density at radius 1 is 1.43 bits per heavy atom. The summed E-state index contributed by atoms with van der Waals surface area (Å²) in [4.78, 5) is 14.4. The Balaban J connectivity index is 1.47. The van der Waals surface area contributed by atoms with Crippen LogP contribution in [0.25, 0.3) is 0 Å². The van der Waals surface area contributed by atoms with Crippen LogP contribution in [0.1, 0.15) is 37.4 Å². The van der Waals surface area contributed by atoms with Crippen molar-refractivity contribution in [1.82, 2.24) is 10.2 Å². The molecule has 0 aliphatic carbocycles. The molecule has 2 saturated heterocycles. The Hall–Kier alpha value is -0.910. The molecule has 0 saturated carbocycles. The van der Waals surface area contributed by atoms with Crippen molar-refractivity contribution in [3.05, 3.63) is 22.4 Å². The maximum Gasteiger partial charge on any atom is 0.222 e. The van der Waals surface area contributed by atoms with Crippen molar-refractivity contribution in [1.29, 1.82) is 0 Å². The van der Waals surface area contributed by atoms with Crippen molar-refractivity contribution in [2.75, 3.05) is 32.8 Å². The molecule has 1 aromatic rings. The third-order valence-electron chi connectivity index (χ3n) is 4.56.